The second-order valence-electron chi connectivity index (χ2n) is 5.09. The number of hydrogen-bond donors (Lipinski definition) is 1. The second-order valence-corrected chi connectivity index (χ2v) is 5.09. The highest BCUT2D eigenvalue weighted by Gasteiger charge is 2.18. The molecule has 0 saturated carbocycles. The van der Waals surface area contributed by atoms with Crippen molar-refractivity contribution in [2.24, 2.45) is 0 Å². The molecule has 0 bridgehead atoms. The molecule has 1 atom stereocenters. The Kier molecular flexibility index (Phi) is 4.67. The first-order valence-electron chi connectivity index (χ1n) is 7.28. The number of nitrogens with zero attached hydrogens (tertiary/aromatic N) is 1. The monoisotopic (exact) mass is 269 g/mol. The van der Waals surface area contributed by atoms with Crippen LogP contribution in [0.4, 0.5) is 5.69 Å². The van der Waals surface area contributed by atoms with E-state index in [1.165, 1.54) is 16.8 Å². The first kappa shape index (κ1) is 14.4. The zero-order valence-electron chi connectivity index (χ0n) is 12.5. The molecule has 1 N–H and O–H groups in total. The van der Waals surface area contributed by atoms with Crippen LogP contribution in [0.25, 0.3) is 0 Å². The normalized spacial score (nSPS) is 12.2. The lowest BCUT2D eigenvalue weighted by atomic mass is 10.0. The van der Waals surface area contributed by atoms with Crippen LogP contribution >= 0.6 is 0 Å². The number of hydrogen-bond acceptors (Lipinski definition) is 2. The second kappa shape index (κ2) is 6.47. The molecule has 0 heterocycles. The third-order valence-corrected chi connectivity index (χ3v) is 3.81. The summed E-state index contributed by atoms with van der Waals surface area (Å²) in [4.78, 5) is 2.43. The van der Waals surface area contributed by atoms with Crippen molar-refractivity contribution >= 4 is 5.69 Å². The van der Waals surface area contributed by atoms with Gasteiger partial charge in [-0.3, -0.25) is 0 Å². The van der Waals surface area contributed by atoms with Gasteiger partial charge in [0.25, 0.3) is 0 Å². The summed E-state index contributed by atoms with van der Waals surface area (Å²) in [7, 11) is 0. The fourth-order valence-electron chi connectivity index (χ4n) is 2.78. The zero-order chi connectivity index (χ0) is 14.5. The Morgan fingerprint density at radius 3 is 2.20 bits per heavy atom. The molecular weight excluding hydrogens is 246 g/mol. The molecule has 0 saturated heterocycles. The predicted octanol–water partition coefficient (Wildman–Crippen LogP) is 4.68. The highest BCUT2D eigenvalue weighted by Crippen LogP contribution is 2.32. The number of aryl methyl sites for hydroxylation is 1. The number of para-hydroxylation sites is 1. The van der Waals surface area contributed by atoms with Gasteiger partial charge in [0.2, 0.25) is 0 Å². The number of rotatable bonds is 5. The SMILES string of the molecule is CCC(c1ccc(O)cc1)N(CC)c1ccccc1C. The van der Waals surface area contributed by atoms with Crippen LogP contribution in [0.5, 0.6) is 5.75 Å². The van der Waals surface area contributed by atoms with E-state index in [1.807, 2.05) is 12.1 Å². The van der Waals surface area contributed by atoms with Crippen LogP contribution in [0, 0.1) is 6.92 Å². The molecule has 1 unspecified atom stereocenters. The molecule has 0 amide bonds. The minimum Gasteiger partial charge on any atom is -0.508 e. The summed E-state index contributed by atoms with van der Waals surface area (Å²) < 4.78 is 0. The maximum absolute atomic E-state index is 9.45. The van der Waals surface area contributed by atoms with Gasteiger partial charge in [0.15, 0.2) is 0 Å². The fourth-order valence-corrected chi connectivity index (χ4v) is 2.78. The smallest absolute Gasteiger partial charge is 0.115 e. The van der Waals surface area contributed by atoms with Crippen molar-refractivity contribution < 1.29 is 5.11 Å². The molecule has 0 aliphatic carbocycles. The van der Waals surface area contributed by atoms with E-state index in [0.29, 0.717) is 11.8 Å². The first-order chi connectivity index (χ1) is 9.67. The molecule has 20 heavy (non-hydrogen) atoms. The first-order valence-corrected chi connectivity index (χ1v) is 7.28. The minimum absolute atomic E-state index is 0.322. The van der Waals surface area contributed by atoms with Gasteiger partial charge in [-0.15, -0.1) is 0 Å². The van der Waals surface area contributed by atoms with E-state index in [9.17, 15) is 5.11 Å². The van der Waals surface area contributed by atoms with Crippen LogP contribution in [0.15, 0.2) is 48.5 Å². The summed E-state index contributed by atoms with van der Waals surface area (Å²) in [6, 6.07) is 16.4. The third kappa shape index (κ3) is 2.96. The standard InChI is InChI=1S/C18H23NO/c1-4-17(15-10-12-16(20)13-11-15)19(5-2)18-9-7-6-8-14(18)3/h6-13,17,20H,4-5H2,1-3H3. The summed E-state index contributed by atoms with van der Waals surface area (Å²) in [5.74, 6) is 0.322. The third-order valence-electron chi connectivity index (χ3n) is 3.81. The van der Waals surface area contributed by atoms with Crippen LogP contribution in [0.3, 0.4) is 0 Å². The highest BCUT2D eigenvalue weighted by molar-refractivity contribution is 5.54. The van der Waals surface area contributed by atoms with Gasteiger partial charge in [0.1, 0.15) is 5.75 Å². The van der Waals surface area contributed by atoms with E-state index in [0.717, 1.165) is 13.0 Å². The summed E-state index contributed by atoms with van der Waals surface area (Å²) in [6.45, 7) is 7.51. The lowest BCUT2D eigenvalue weighted by molar-refractivity contribution is 0.474. The van der Waals surface area contributed by atoms with Crippen LogP contribution < -0.4 is 4.90 Å². The van der Waals surface area contributed by atoms with Crippen molar-refractivity contribution in [1.82, 2.24) is 0 Å². The van der Waals surface area contributed by atoms with Crippen molar-refractivity contribution in [3.63, 3.8) is 0 Å². The molecule has 0 aromatic heterocycles. The molecule has 0 aliphatic heterocycles. The van der Waals surface area contributed by atoms with Crippen molar-refractivity contribution in [3.8, 4) is 5.75 Å². The van der Waals surface area contributed by atoms with Gasteiger partial charge in [-0.05, 0) is 49.6 Å². The Hall–Kier alpha value is -1.96. The topological polar surface area (TPSA) is 23.5 Å². The Labute approximate surface area is 121 Å². The average Bonchev–Trinajstić information content (AvgIpc) is 2.47. The summed E-state index contributed by atoms with van der Waals surface area (Å²) in [5, 5.41) is 9.45. The van der Waals surface area contributed by atoms with Crippen LogP contribution in [-0.2, 0) is 0 Å². The molecule has 0 aliphatic rings. The molecule has 0 fully saturated rings. The van der Waals surface area contributed by atoms with E-state index in [2.05, 4.69) is 49.9 Å². The summed E-state index contributed by atoms with van der Waals surface area (Å²) >= 11 is 0. The Morgan fingerprint density at radius 1 is 1.00 bits per heavy atom. The minimum atomic E-state index is 0.322. The van der Waals surface area contributed by atoms with Crippen LogP contribution in [-0.4, -0.2) is 11.7 Å². The van der Waals surface area contributed by atoms with Gasteiger partial charge >= 0.3 is 0 Å². The van der Waals surface area contributed by atoms with Crippen LogP contribution in [0.1, 0.15) is 37.4 Å². The van der Waals surface area contributed by atoms with Crippen molar-refractivity contribution in [2.45, 2.75) is 33.2 Å². The number of aromatic hydroxyl groups is 1. The molecule has 0 radical (unpaired) electrons. The number of phenolic OH excluding ortho intramolecular Hbond substituents is 1. The molecule has 2 heteroatoms. The summed E-state index contributed by atoms with van der Waals surface area (Å²) in [5.41, 5.74) is 3.83. The predicted molar refractivity (Wildman–Crippen MR) is 85.3 cm³/mol. The molecule has 0 spiro atoms. The average molecular weight is 269 g/mol. The molecule has 2 aromatic rings. The maximum Gasteiger partial charge on any atom is 0.115 e. The number of benzene rings is 2. The van der Waals surface area contributed by atoms with Gasteiger partial charge in [-0.2, -0.15) is 0 Å². The molecule has 106 valence electrons. The largest absolute Gasteiger partial charge is 0.508 e. The van der Waals surface area contributed by atoms with E-state index < -0.39 is 0 Å². The van der Waals surface area contributed by atoms with E-state index in [-0.39, 0.29) is 0 Å². The molecule has 2 nitrogen and oxygen atoms in total. The Morgan fingerprint density at radius 2 is 1.65 bits per heavy atom. The van der Waals surface area contributed by atoms with Crippen molar-refractivity contribution in [1.29, 1.82) is 0 Å². The lowest BCUT2D eigenvalue weighted by Crippen LogP contribution is -2.28. The van der Waals surface area contributed by atoms with E-state index in [1.54, 1.807) is 12.1 Å². The molecular formula is C18H23NO. The van der Waals surface area contributed by atoms with Crippen LogP contribution in [0.2, 0.25) is 0 Å². The quantitative estimate of drug-likeness (QED) is 0.852. The Balaban J connectivity index is 2.38. The van der Waals surface area contributed by atoms with E-state index in [4.69, 9.17) is 0 Å². The Bertz CT molecular complexity index is 548. The van der Waals surface area contributed by atoms with Gasteiger partial charge in [-0.1, -0.05) is 37.3 Å². The summed E-state index contributed by atoms with van der Waals surface area (Å²) in [6.07, 6.45) is 1.03. The highest BCUT2D eigenvalue weighted by atomic mass is 16.3. The van der Waals surface area contributed by atoms with Gasteiger partial charge in [0.05, 0.1) is 6.04 Å². The maximum atomic E-state index is 9.45. The van der Waals surface area contributed by atoms with Crippen molar-refractivity contribution in [2.75, 3.05) is 11.4 Å². The number of anilines is 1. The van der Waals surface area contributed by atoms with E-state index >= 15 is 0 Å². The molecule has 2 rings (SSSR count). The fraction of sp³-hybridized carbons (Fsp3) is 0.333. The van der Waals surface area contributed by atoms with Gasteiger partial charge in [-0.25, -0.2) is 0 Å². The van der Waals surface area contributed by atoms with Gasteiger partial charge < -0.3 is 10.0 Å². The lowest BCUT2D eigenvalue weighted by Gasteiger charge is -2.33. The zero-order valence-corrected chi connectivity index (χ0v) is 12.5. The molecule has 2 aromatic carbocycles. The van der Waals surface area contributed by atoms with Crippen molar-refractivity contribution in [3.05, 3.63) is 59.7 Å². The van der Waals surface area contributed by atoms with Gasteiger partial charge in [0, 0.05) is 12.2 Å². The number of phenols is 1.